The van der Waals surface area contributed by atoms with Gasteiger partial charge in [-0.3, -0.25) is 9.36 Å². The minimum atomic E-state index is -0.260. The molecular formula is C16H19ClN2O2. The van der Waals surface area contributed by atoms with E-state index in [1.807, 2.05) is 31.2 Å². The maximum Gasteiger partial charge on any atom is 0.261 e. The van der Waals surface area contributed by atoms with E-state index >= 15 is 0 Å². The fraction of sp³-hybridized carbons (Fsp3) is 0.500. The second-order valence-electron chi connectivity index (χ2n) is 5.41. The third-order valence-corrected chi connectivity index (χ3v) is 4.44. The van der Waals surface area contributed by atoms with Gasteiger partial charge in [0, 0.05) is 6.61 Å². The number of para-hydroxylation sites is 1. The van der Waals surface area contributed by atoms with E-state index in [0.717, 1.165) is 25.9 Å². The average molecular weight is 307 g/mol. The maximum atomic E-state index is 12.8. The van der Waals surface area contributed by atoms with Crippen molar-refractivity contribution in [2.45, 2.75) is 44.2 Å². The van der Waals surface area contributed by atoms with Crippen LogP contribution in [0, 0.1) is 0 Å². The van der Waals surface area contributed by atoms with Crippen molar-refractivity contribution in [1.82, 2.24) is 9.55 Å². The van der Waals surface area contributed by atoms with Gasteiger partial charge in [0.15, 0.2) is 0 Å². The Balaban J connectivity index is 2.13. The van der Waals surface area contributed by atoms with Gasteiger partial charge in [-0.1, -0.05) is 19.1 Å². The number of rotatable bonds is 4. The van der Waals surface area contributed by atoms with Gasteiger partial charge in [0.2, 0.25) is 0 Å². The first-order chi connectivity index (χ1) is 10.2. The lowest BCUT2D eigenvalue weighted by Gasteiger charge is -2.18. The van der Waals surface area contributed by atoms with Gasteiger partial charge >= 0.3 is 0 Å². The molecule has 4 nitrogen and oxygen atoms in total. The Morgan fingerprint density at radius 3 is 3.00 bits per heavy atom. The molecule has 21 heavy (non-hydrogen) atoms. The monoisotopic (exact) mass is 306 g/mol. The standard InChI is InChI=1S/C16H19ClN2O2/c1-2-13(17)15-18-14-8-4-3-7-12(14)16(20)19(15)10-11-6-5-9-21-11/h3-4,7-8,11,13H,2,5-6,9-10H2,1H3. The van der Waals surface area contributed by atoms with Gasteiger partial charge in [0.25, 0.3) is 5.56 Å². The zero-order valence-corrected chi connectivity index (χ0v) is 12.8. The molecule has 1 saturated heterocycles. The van der Waals surface area contributed by atoms with E-state index in [9.17, 15) is 4.79 Å². The van der Waals surface area contributed by atoms with Crippen LogP contribution in [0.2, 0.25) is 0 Å². The van der Waals surface area contributed by atoms with Crippen LogP contribution in [0.1, 0.15) is 37.4 Å². The van der Waals surface area contributed by atoms with Crippen LogP contribution in [0.4, 0.5) is 0 Å². The molecule has 0 aliphatic carbocycles. The molecule has 0 radical (unpaired) electrons. The summed E-state index contributed by atoms with van der Waals surface area (Å²) in [6.07, 6.45) is 2.86. The second-order valence-corrected chi connectivity index (χ2v) is 5.94. The predicted molar refractivity (Wildman–Crippen MR) is 83.9 cm³/mol. The van der Waals surface area contributed by atoms with E-state index in [0.29, 0.717) is 23.3 Å². The molecule has 2 heterocycles. The molecule has 0 amide bonds. The fourth-order valence-electron chi connectivity index (χ4n) is 2.78. The van der Waals surface area contributed by atoms with Gasteiger partial charge in [0.05, 0.1) is 28.9 Å². The van der Waals surface area contributed by atoms with Crippen molar-refractivity contribution < 1.29 is 4.74 Å². The lowest BCUT2D eigenvalue weighted by Crippen LogP contribution is -2.30. The first-order valence-corrected chi connectivity index (χ1v) is 7.89. The molecular weight excluding hydrogens is 288 g/mol. The van der Waals surface area contributed by atoms with E-state index in [4.69, 9.17) is 16.3 Å². The van der Waals surface area contributed by atoms with Crippen LogP contribution in [-0.2, 0) is 11.3 Å². The van der Waals surface area contributed by atoms with Crippen molar-refractivity contribution in [2.75, 3.05) is 6.61 Å². The van der Waals surface area contributed by atoms with Crippen LogP contribution in [0.15, 0.2) is 29.1 Å². The van der Waals surface area contributed by atoms with Gasteiger partial charge < -0.3 is 4.74 Å². The normalized spacial score (nSPS) is 20.0. The quantitative estimate of drug-likeness (QED) is 0.814. The molecule has 112 valence electrons. The zero-order valence-electron chi connectivity index (χ0n) is 12.1. The summed E-state index contributed by atoms with van der Waals surface area (Å²) in [7, 11) is 0. The number of nitrogens with zero attached hydrogens (tertiary/aromatic N) is 2. The van der Waals surface area contributed by atoms with Gasteiger partial charge in [-0.05, 0) is 31.4 Å². The van der Waals surface area contributed by atoms with Gasteiger partial charge in [0.1, 0.15) is 5.82 Å². The number of ether oxygens (including phenoxy) is 1. The lowest BCUT2D eigenvalue weighted by molar-refractivity contribution is 0.0951. The summed E-state index contributed by atoms with van der Waals surface area (Å²) in [5.74, 6) is 0.651. The minimum Gasteiger partial charge on any atom is -0.376 e. The number of hydrogen-bond donors (Lipinski definition) is 0. The Morgan fingerprint density at radius 1 is 1.48 bits per heavy atom. The molecule has 1 aliphatic heterocycles. The van der Waals surface area contributed by atoms with E-state index in [-0.39, 0.29) is 17.0 Å². The number of hydrogen-bond acceptors (Lipinski definition) is 3. The van der Waals surface area contributed by atoms with Gasteiger partial charge in [-0.2, -0.15) is 0 Å². The highest BCUT2D eigenvalue weighted by molar-refractivity contribution is 6.20. The van der Waals surface area contributed by atoms with Crippen LogP contribution in [0.5, 0.6) is 0 Å². The van der Waals surface area contributed by atoms with Gasteiger partial charge in [-0.15, -0.1) is 11.6 Å². The molecule has 3 rings (SSSR count). The number of alkyl halides is 1. The molecule has 1 aromatic carbocycles. The third-order valence-electron chi connectivity index (χ3n) is 3.94. The molecule has 5 heteroatoms. The van der Waals surface area contributed by atoms with Crippen molar-refractivity contribution in [3.05, 3.63) is 40.4 Å². The third kappa shape index (κ3) is 2.83. The number of halogens is 1. The highest BCUT2D eigenvalue weighted by Gasteiger charge is 2.22. The minimum absolute atomic E-state index is 0.0230. The van der Waals surface area contributed by atoms with Crippen LogP contribution in [-0.4, -0.2) is 22.3 Å². The van der Waals surface area contributed by atoms with E-state index in [2.05, 4.69) is 4.98 Å². The Kier molecular flexibility index (Phi) is 4.27. The van der Waals surface area contributed by atoms with Crippen LogP contribution < -0.4 is 5.56 Å². The molecule has 2 unspecified atom stereocenters. The largest absolute Gasteiger partial charge is 0.376 e. The second kappa shape index (κ2) is 6.16. The highest BCUT2D eigenvalue weighted by Crippen LogP contribution is 2.24. The smallest absolute Gasteiger partial charge is 0.261 e. The van der Waals surface area contributed by atoms with Crippen LogP contribution in [0.3, 0.4) is 0 Å². The summed E-state index contributed by atoms with van der Waals surface area (Å²) in [5.41, 5.74) is 0.686. The number of fused-ring (bicyclic) bond motifs is 1. The van der Waals surface area contributed by atoms with Crippen molar-refractivity contribution in [3.8, 4) is 0 Å². The molecule has 0 spiro atoms. The SMILES string of the molecule is CCC(Cl)c1nc2ccccc2c(=O)n1CC1CCCO1. The lowest BCUT2D eigenvalue weighted by atomic mass is 10.2. The summed E-state index contributed by atoms with van der Waals surface area (Å²) in [4.78, 5) is 17.4. The van der Waals surface area contributed by atoms with E-state index in [1.54, 1.807) is 4.57 Å². The zero-order chi connectivity index (χ0) is 14.8. The number of benzene rings is 1. The summed E-state index contributed by atoms with van der Waals surface area (Å²) in [6.45, 7) is 3.30. The summed E-state index contributed by atoms with van der Waals surface area (Å²) in [6, 6.07) is 7.42. The Labute approximate surface area is 128 Å². The van der Waals surface area contributed by atoms with Crippen molar-refractivity contribution in [3.63, 3.8) is 0 Å². The highest BCUT2D eigenvalue weighted by atomic mass is 35.5. The maximum absolute atomic E-state index is 12.8. The molecule has 2 atom stereocenters. The Morgan fingerprint density at radius 2 is 2.29 bits per heavy atom. The summed E-state index contributed by atoms with van der Waals surface area (Å²) in [5, 5.41) is 0.378. The van der Waals surface area contributed by atoms with Crippen LogP contribution in [0.25, 0.3) is 10.9 Å². The molecule has 1 aromatic heterocycles. The van der Waals surface area contributed by atoms with Crippen molar-refractivity contribution >= 4 is 22.5 Å². The van der Waals surface area contributed by atoms with E-state index in [1.165, 1.54) is 0 Å². The van der Waals surface area contributed by atoms with Crippen molar-refractivity contribution in [1.29, 1.82) is 0 Å². The summed E-state index contributed by atoms with van der Waals surface area (Å²) >= 11 is 6.39. The van der Waals surface area contributed by atoms with Crippen LogP contribution >= 0.6 is 11.6 Å². The average Bonchev–Trinajstić information content (AvgIpc) is 3.02. The molecule has 0 bridgehead atoms. The molecule has 1 fully saturated rings. The molecule has 0 saturated carbocycles. The van der Waals surface area contributed by atoms with Crippen molar-refractivity contribution in [2.24, 2.45) is 0 Å². The first-order valence-electron chi connectivity index (χ1n) is 7.46. The molecule has 0 N–H and O–H groups in total. The fourth-order valence-corrected chi connectivity index (χ4v) is 2.94. The molecule has 2 aromatic rings. The summed E-state index contributed by atoms with van der Waals surface area (Å²) < 4.78 is 7.37. The van der Waals surface area contributed by atoms with Gasteiger partial charge in [-0.25, -0.2) is 4.98 Å². The Bertz CT molecular complexity index is 692. The molecule has 1 aliphatic rings. The predicted octanol–water partition coefficient (Wildman–Crippen LogP) is 3.27. The topological polar surface area (TPSA) is 44.1 Å². The number of aromatic nitrogens is 2. The Hall–Kier alpha value is -1.39. The van der Waals surface area contributed by atoms with E-state index < -0.39 is 0 Å². The first kappa shape index (κ1) is 14.5.